The number of benzene rings is 1. The molecule has 0 saturated heterocycles. The molecule has 0 aromatic heterocycles. The Balaban J connectivity index is 2.64. The van der Waals surface area contributed by atoms with E-state index in [4.69, 9.17) is 33.8 Å². The van der Waals surface area contributed by atoms with Gasteiger partial charge in [-0.25, -0.2) is 5.90 Å². The summed E-state index contributed by atoms with van der Waals surface area (Å²) in [7, 11) is 0. The highest BCUT2D eigenvalue weighted by molar-refractivity contribution is 6.37. The molecule has 0 radical (unpaired) electrons. The molecule has 1 aromatic carbocycles. The Labute approximate surface area is 86.3 Å². The summed E-state index contributed by atoms with van der Waals surface area (Å²) >= 11 is 11.7. The van der Waals surface area contributed by atoms with Crippen molar-refractivity contribution in [1.82, 2.24) is 0 Å². The van der Waals surface area contributed by atoms with Crippen LogP contribution in [0.15, 0.2) is 18.2 Å². The predicted octanol–water partition coefficient (Wildman–Crippen LogP) is 2.26. The molecule has 3 nitrogen and oxygen atoms in total. The van der Waals surface area contributed by atoms with Gasteiger partial charge >= 0.3 is 0 Å². The van der Waals surface area contributed by atoms with Gasteiger partial charge in [-0.15, -0.1) is 0 Å². The van der Waals surface area contributed by atoms with Crippen molar-refractivity contribution in [2.24, 2.45) is 5.90 Å². The summed E-state index contributed by atoms with van der Waals surface area (Å²) in [6, 6.07) is 5.15. The minimum atomic E-state index is 0.293. The lowest BCUT2D eigenvalue weighted by atomic mass is 10.3. The van der Waals surface area contributed by atoms with Crippen LogP contribution in [0.5, 0.6) is 5.75 Å². The van der Waals surface area contributed by atoms with Gasteiger partial charge in [0.05, 0.1) is 10.0 Å². The Kier molecular flexibility index (Phi) is 4.32. The Morgan fingerprint density at radius 1 is 1.15 bits per heavy atom. The molecule has 13 heavy (non-hydrogen) atoms. The summed E-state index contributed by atoms with van der Waals surface area (Å²) in [5.74, 6) is 5.28. The fourth-order valence-electron chi connectivity index (χ4n) is 0.812. The SMILES string of the molecule is NOCCOc1c(Cl)cccc1Cl. The van der Waals surface area contributed by atoms with Crippen molar-refractivity contribution in [1.29, 1.82) is 0 Å². The highest BCUT2D eigenvalue weighted by atomic mass is 35.5. The highest BCUT2D eigenvalue weighted by Crippen LogP contribution is 2.32. The van der Waals surface area contributed by atoms with E-state index in [0.717, 1.165) is 0 Å². The van der Waals surface area contributed by atoms with Gasteiger partial charge in [0.1, 0.15) is 13.2 Å². The van der Waals surface area contributed by atoms with E-state index in [1.165, 1.54) is 0 Å². The zero-order chi connectivity index (χ0) is 9.68. The van der Waals surface area contributed by atoms with Crippen molar-refractivity contribution in [2.45, 2.75) is 0 Å². The minimum absolute atomic E-state index is 0.293. The van der Waals surface area contributed by atoms with E-state index in [1.54, 1.807) is 18.2 Å². The molecule has 0 heterocycles. The Morgan fingerprint density at radius 3 is 2.31 bits per heavy atom. The van der Waals surface area contributed by atoms with Crippen LogP contribution >= 0.6 is 23.2 Å². The van der Waals surface area contributed by atoms with Crippen LogP contribution in [0, 0.1) is 0 Å². The van der Waals surface area contributed by atoms with Crippen molar-refractivity contribution in [3.63, 3.8) is 0 Å². The molecule has 0 aliphatic rings. The van der Waals surface area contributed by atoms with Crippen LogP contribution in [-0.4, -0.2) is 13.2 Å². The van der Waals surface area contributed by atoms with E-state index in [9.17, 15) is 0 Å². The van der Waals surface area contributed by atoms with E-state index in [-0.39, 0.29) is 0 Å². The van der Waals surface area contributed by atoms with Gasteiger partial charge in [0.2, 0.25) is 0 Å². The Hall–Kier alpha value is -0.480. The van der Waals surface area contributed by atoms with Crippen LogP contribution < -0.4 is 10.6 Å². The molecule has 0 aliphatic carbocycles. The van der Waals surface area contributed by atoms with E-state index < -0.39 is 0 Å². The Bertz CT molecular complexity index is 261. The van der Waals surface area contributed by atoms with E-state index >= 15 is 0 Å². The molecule has 72 valence electrons. The second-order valence-corrected chi connectivity index (χ2v) is 3.08. The standard InChI is InChI=1S/C8H9Cl2NO2/c9-6-2-1-3-7(10)8(6)12-4-5-13-11/h1-3H,4-5,11H2. The molecule has 1 rings (SSSR count). The highest BCUT2D eigenvalue weighted by Gasteiger charge is 2.05. The first-order valence-corrected chi connectivity index (χ1v) is 4.40. The quantitative estimate of drug-likeness (QED) is 0.627. The van der Waals surface area contributed by atoms with Crippen molar-refractivity contribution in [2.75, 3.05) is 13.2 Å². The molecule has 0 fully saturated rings. The minimum Gasteiger partial charge on any atom is -0.488 e. The van der Waals surface area contributed by atoms with Gasteiger partial charge in [0, 0.05) is 0 Å². The van der Waals surface area contributed by atoms with Crippen LogP contribution in [0.25, 0.3) is 0 Å². The molecule has 2 N–H and O–H groups in total. The second-order valence-electron chi connectivity index (χ2n) is 2.27. The summed E-state index contributed by atoms with van der Waals surface area (Å²) in [6.45, 7) is 0.613. The van der Waals surface area contributed by atoms with Crippen LogP contribution in [0.1, 0.15) is 0 Å². The van der Waals surface area contributed by atoms with Crippen LogP contribution in [-0.2, 0) is 4.84 Å². The summed E-state index contributed by atoms with van der Waals surface area (Å²) in [5, 5.41) is 0.953. The average molecular weight is 222 g/mol. The topological polar surface area (TPSA) is 44.5 Å². The van der Waals surface area contributed by atoms with Crippen LogP contribution in [0.2, 0.25) is 10.0 Å². The molecule has 0 amide bonds. The molecule has 0 atom stereocenters. The maximum absolute atomic E-state index is 5.83. The Morgan fingerprint density at radius 2 is 1.77 bits per heavy atom. The van der Waals surface area contributed by atoms with E-state index in [2.05, 4.69) is 4.84 Å². The molecule has 1 aromatic rings. The fraction of sp³-hybridized carbons (Fsp3) is 0.250. The molecular weight excluding hydrogens is 213 g/mol. The first-order chi connectivity index (χ1) is 6.25. The molecule has 0 bridgehead atoms. The third-order valence-corrected chi connectivity index (χ3v) is 1.96. The third kappa shape index (κ3) is 3.04. The largest absolute Gasteiger partial charge is 0.488 e. The van der Waals surface area contributed by atoms with E-state index in [0.29, 0.717) is 29.0 Å². The van der Waals surface area contributed by atoms with Crippen LogP contribution in [0.4, 0.5) is 0 Å². The number of nitrogens with two attached hydrogens (primary N) is 1. The van der Waals surface area contributed by atoms with Gasteiger partial charge in [-0.1, -0.05) is 29.3 Å². The summed E-state index contributed by atoms with van der Waals surface area (Å²) in [6.07, 6.45) is 0. The number of ether oxygens (including phenoxy) is 1. The van der Waals surface area contributed by atoms with Gasteiger partial charge in [-0.3, -0.25) is 0 Å². The van der Waals surface area contributed by atoms with Crippen molar-refractivity contribution >= 4 is 23.2 Å². The lowest BCUT2D eigenvalue weighted by Gasteiger charge is -2.08. The van der Waals surface area contributed by atoms with Gasteiger partial charge < -0.3 is 9.57 Å². The first kappa shape index (κ1) is 10.6. The molecule has 0 unspecified atom stereocenters. The van der Waals surface area contributed by atoms with Crippen molar-refractivity contribution in [3.8, 4) is 5.75 Å². The summed E-state index contributed by atoms with van der Waals surface area (Å²) in [5.41, 5.74) is 0. The number of hydrogen-bond donors (Lipinski definition) is 1. The zero-order valence-corrected chi connectivity index (χ0v) is 8.31. The van der Waals surface area contributed by atoms with Gasteiger partial charge in [0.25, 0.3) is 0 Å². The maximum atomic E-state index is 5.83. The summed E-state index contributed by atoms with van der Waals surface area (Å²) in [4.78, 5) is 4.33. The monoisotopic (exact) mass is 221 g/mol. The molecule has 0 spiro atoms. The number of para-hydroxylation sites is 1. The predicted molar refractivity (Wildman–Crippen MR) is 52.1 cm³/mol. The first-order valence-electron chi connectivity index (χ1n) is 3.64. The normalized spacial score (nSPS) is 10.1. The smallest absolute Gasteiger partial charge is 0.156 e. The number of halogens is 2. The van der Waals surface area contributed by atoms with E-state index in [1.807, 2.05) is 0 Å². The second kappa shape index (κ2) is 5.29. The zero-order valence-electron chi connectivity index (χ0n) is 6.80. The molecular formula is C8H9Cl2NO2. The maximum Gasteiger partial charge on any atom is 0.156 e. The molecule has 0 aliphatic heterocycles. The fourth-order valence-corrected chi connectivity index (χ4v) is 1.32. The van der Waals surface area contributed by atoms with Crippen LogP contribution in [0.3, 0.4) is 0 Å². The lowest BCUT2D eigenvalue weighted by molar-refractivity contribution is 0.102. The lowest BCUT2D eigenvalue weighted by Crippen LogP contribution is -2.10. The third-order valence-electron chi connectivity index (χ3n) is 1.37. The van der Waals surface area contributed by atoms with Crippen molar-refractivity contribution < 1.29 is 9.57 Å². The van der Waals surface area contributed by atoms with Gasteiger partial charge in [0.15, 0.2) is 5.75 Å². The summed E-state index contributed by atoms with van der Waals surface area (Å²) < 4.78 is 5.24. The van der Waals surface area contributed by atoms with Gasteiger partial charge in [-0.05, 0) is 12.1 Å². The van der Waals surface area contributed by atoms with Crippen molar-refractivity contribution in [3.05, 3.63) is 28.2 Å². The van der Waals surface area contributed by atoms with Gasteiger partial charge in [-0.2, -0.15) is 0 Å². The molecule has 0 saturated carbocycles. The molecule has 5 heteroatoms. The number of hydrogen-bond acceptors (Lipinski definition) is 3. The number of rotatable bonds is 4. The average Bonchev–Trinajstić information content (AvgIpc) is 2.10.